The van der Waals surface area contributed by atoms with Crippen LogP contribution in [0.1, 0.15) is 24.0 Å². The summed E-state index contributed by atoms with van der Waals surface area (Å²) in [6, 6.07) is 0.268. The number of rotatable bonds is 5. The van der Waals surface area contributed by atoms with Crippen LogP contribution in [0.5, 0.6) is 0 Å². The minimum absolute atomic E-state index is 0.268. The third-order valence-electron chi connectivity index (χ3n) is 1.86. The molecule has 2 N–H and O–H groups in total. The van der Waals surface area contributed by atoms with Crippen LogP contribution in [-0.2, 0) is 12.2 Å². The van der Waals surface area contributed by atoms with E-state index in [0.29, 0.717) is 0 Å². The maximum atomic E-state index is 5.85. The lowest BCUT2D eigenvalue weighted by Gasteiger charge is -2.04. The largest absolute Gasteiger partial charge is 0.327 e. The second kappa shape index (κ2) is 5.62. The summed E-state index contributed by atoms with van der Waals surface area (Å²) in [5, 5.41) is 3.34. The summed E-state index contributed by atoms with van der Waals surface area (Å²) < 4.78 is 0. The van der Waals surface area contributed by atoms with Gasteiger partial charge in [0.2, 0.25) is 0 Å². The van der Waals surface area contributed by atoms with Gasteiger partial charge >= 0.3 is 0 Å². The number of hydrogen-bond acceptors (Lipinski definition) is 4. The first kappa shape index (κ1) is 11.0. The van der Waals surface area contributed by atoms with Gasteiger partial charge in [0, 0.05) is 23.6 Å². The molecule has 13 heavy (non-hydrogen) atoms. The van der Waals surface area contributed by atoms with Gasteiger partial charge in [0.05, 0.1) is 5.69 Å². The molecular weight excluding hydrogens is 200 g/mol. The molecule has 1 aromatic rings. The Balaban J connectivity index is 2.48. The number of aromatic nitrogens is 1. The van der Waals surface area contributed by atoms with Crippen molar-refractivity contribution in [3.05, 3.63) is 16.1 Å². The maximum absolute atomic E-state index is 5.85. The lowest BCUT2D eigenvalue weighted by molar-refractivity contribution is 0.638. The van der Waals surface area contributed by atoms with Gasteiger partial charge < -0.3 is 5.73 Å². The smallest absolute Gasteiger partial charge is 0.103 e. The van der Waals surface area contributed by atoms with Gasteiger partial charge in [-0.25, -0.2) is 4.98 Å². The van der Waals surface area contributed by atoms with Crippen LogP contribution in [0.4, 0.5) is 0 Å². The number of thioether (sulfide) groups is 1. The van der Waals surface area contributed by atoms with E-state index >= 15 is 0 Å². The zero-order valence-electron chi connectivity index (χ0n) is 8.12. The summed E-state index contributed by atoms with van der Waals surface area (Å²) in [6.07, 6.45) is 4.04. The van der Waals surface area contributed by atoms with Crippen molar-refractivity contribution in [3.8, 4) is 0 Å². The number of nitrogens with zero attached hydrogens (tertiary/aromatic N) is 1. The molecule has 0 radical (unpaired) electrons. The van der Waals surface area contributed by atoms with E-state index in [9.17, 15) is 0 Å². The lowest BCUT2D eigenvalue weighted by atomic mass is 10.1. The SMILES string of the molecule is CCC(N)Cc1csc(CSC)n1. The third-order valence-corrected chi connectivity index (χ3v) is 3.51. The van der Waals surface area contributed by atoms with Crippen LogP contribution in [0.25, 0.3) is 0 Å². The minimum atomic E-state index is 0.268. The summed E-state index contributed by atoms with van der Waals surface area (Å²) >= 11 is 3.55. The molecule has 1 rings (SSSR count). The third kappa shape index (κ3) is 3.67. The van der Waals surface area contributed by atoms with Crippen LogP contribution >= 0.6 is 23.1 Å². The Kier molecular flexibility index (Phi) is 4.77. The van der Waals surface area contributed by atoms with Crippen molar-refractivity contribution in [2.75, 3.05) is 6.26 Å². The van der Waals surface area contributed by atoms with Gasteiger partial charge in [-0.1, -0.05) is 6.92 Å². The predicted octanol–water partition coefficient (Wildman–Crippen LogP) is 2.29. The molecule has 0 amide bonds. The van der Waals surface area contributed by atoms with Crippen molar-refractivity contribution < 1.29 is 0 Å². The summed E-state index contributed by atoms with van der Waals surface area (Å²) in [4.78, 5) is 4.51. The average Bonchev–Trinajstić information content (AvgIpc) is 2.53. The molecule has 0 saturated heterocycles. The van der Waals surface area contributed by atoms with E-state index in [-0.39, 0.29) is 6.04 Å². The summed E-state index contributed by atoms with van der Waals surface area (Å²) in [6.45, 7) is 2.11. The molecule has 0 saturated carbocycles. The lowest BCUT2D eigenvalue weighted by Crippen LogP contribution is -2.21. The van der Waals surface area contributed by atoms with E-state index in [1.807, 2.05) is 11.8 Å². The number of thiazole rings is 1. The van der Waals surface area contributed by atoms with Crippen molar-refractivity contribution in [1.29, 1.82) is 0 Å². The predicted molar refractivity (Wildman–Crippen MR) is 61.3 cm³/mol. The molecule has 1 atom stereocenters. The molecule has 1 heterocycles. The first-order valence-electron chi connectivity index (χ1n) is 4.44. The van der Waals surface area contributed by atoms with Gasteiger partial charge in [0.1, 0.15) is 5.01 Å². The molecule has 0 fully saturated rings. The highest BCUT2D eigenvalue weighted by atomic mass is 32.2. The van der Waals surface area contributed by atoms with Gasteiger partial charge in [-0.3, -0.25) is 0 Å². The molecular formula is C9H16N2S2. The Morgan fingerprint density at radius 3 is 3.08 bits per heavy atom. The number of nitrogens with two attached hydrogens (primary N) is 1. The average molecular weight is 216 g/mol. The Hall–Kier alpha value is -0.0600. The van der Waals surface area contributed by atoms with Crippen LogP contribution in [0.15, 0.2) is 5.38 Å². The van der Waals surface area contributed by atoms with E-state index in [4.69, 9.17) is 5.73 Å². The second-order valence-corrected chi connectivity index (χ2v) is 4.85. The Labute approximate surface area is 87.9 Å². The standard InChI is InChI=1S/C9H16N2S2/c1-3-7(10)4-8-5-13-9(11-8)6-12-2/h5,7H,3-4,6,10H2,1-2H3. The van der Waals surface area contributed by atoms with E-state index < -0.39 is 0 Å². The van der Waals surface area contributed by atoms with E-state index in [0.717, 1.165) is 24.3 Å². The number of hydrogen-bond donors (Lipinski definition) is 1. The first-order chi connectivity index (χ1) is 6.26. The normalized spacial score (nSPS) is 13.2. The van der Waals surface area contributed by atoms with Crippen molar-refractivity contribution >= 4 is 23.1 Å². The molecule has 74 valence electrons. The van der Waals surface area contributed by atoms with Crippen LogP contribution in [0, 0.1) is 0 Å². The highest BCUT2D eigenvalue weighted by Gasteiger charge is 2.05. The zero-order chi connectivity index (χ0) is 9.68. The summed E-state index contributed by atoms with van der Waals surface area (Å²) in [7, 11) is 0. The summed E-state index contributed by atoms with van der Waals surface area (Å²) in [5.74, 6) is 1.02. The quantitative estimate of drug-likeness (QED) is 0.821. The van der Waals surface area contributed by atoms with Crippen LogP contribution in [0.3, 0.4) is 0 Å². The molecule has 0 aliphatic carbocycles. The highest BCUT2D eigenvalue weighted by molar-refractivity contribution is 7.97. The highest BCUT2D eigenvalue weighted by Crippen LogP contribution is 2.16. The maximum Gasteiger partial charge on any atom is 0.103 e. The van der Waals surface area contributed by atoms with Crippen molar-refractivity contribution in [1.82, 2.24) is 4.98 Å². The second-order valence-electron chi connectivity index (χ2n) is 3.04. The molecule has 0 aliphatic heterocycles. The fraction of sp³-hybridized carbons (Fsp3) is 0.667. The molecule has 1 aromatic heterocycles. The van der Waals surface area contributed by atoms with Crippen LogP contribution in [-0.4, -0.2) is 17.3 Å². The van der Waals surface area contributed by atoms with Gasteiger partial charge in [-0.15, -0.1) is 11.3 Å². The fourth-order valence-corrected chi connectivity index (χ4v) is 2.57. The van der Waals surface area contributed by atoms with Gasteiger partial charge in [-0.2, -0.15) is 11.8 Å². The monoisotopic (exact) mass is 216 g/mol. The van der Waals surface area contributed by atoms with Crippen molar-refractivity contribution in [2.24, 2.45) is 5.73 Å². The fourth-order valence-electron chi connectivity index (χ4n) is 1.05. The molecule has 1 unspecified atom stereocenters. The molecule has 0 aromatic carbocycles. The van der Waals surface area contributed by atoms with Crippen LogP contribution < -0.4 is 5.73 Å². The van der Waals surface area contributed by atoms with Crippen molar-refractivity contribution in [3.63, 3.8) is 0 Å². The van der Waals surface area contributed by atoms with E-state index in [1.165, 1.54) is 5.01 Å². The molecule has 0 spiro atoms. The van der Waals surface area contributed by atoms with Gasteiger partial charge in [0.25, 0.3) is 0 Å². The Morgan fingerprint density at radius 2 is 2.46 bits per heavy atom. The molecule has 0 bridgehead atoms. The molecule has 4 heteroatoms. The van der Waals surface area contributed by atoms with Gasteiger partial charge in [-0.05, 0) is 12.7 Å². The molecule has 2 nitrogen and oxygen atoms in total. The van der Waals surface area contributed by atoms with Gasteiger partial charge in [0.15, 0.2) is 0 Å². The first-order valence-corrected chi connectivity index (χ1v) is 6.71. The van der Waals surface area contributed by atoms with Crippen molar-refractivity contribution in [2.45, 2.75) is 31.6 Å². The Morgan fingerprint density at radius 1 is 1.69 bits per heavy atom. The minimum Gasteiger partial charge on any atom is -0.327 e. The zero-order valence-corrected chi connectivity index (χ0v) is 9.75. The summed E-state index contributed by atoms with van der Waals surface area (Å²) in [5.41, 5.74) is 7.00. The van der Waals surface area contributed by atoms with E-state index in [2.05, 4.69) is 23.5 Å². The topological polar surface area (TPSA) is 38.9 Å². The van der Waals surface area contributed by atoms with E-state index in [1.54, 1.807) is 11.3 Å². The Bertz CT molecular complexity index is 248. The molecule has 0 aliphatic rings. The van der Waals surface area contributed by atoms with Crippen LogP contribution in [0.2, 0.25) is 0 Å².